The highest BCUT2D eigenvalue weighted by atomic mass is 16.2. The van der Waals surface area contributed by atoms with E-state index in [1.165, 1.54) is 0 Å². The van der Waals surface area contributed by atoms with Crippen LogP contribution in [0.15, 0.2) is 42.5 Å². The Morgan fingerprint density at radius 1 is 1.04 bits per heavy atom. The Hall–Kier alpha value is -3.11. The van der Waals surface area contributed by atoms with E-state index in [4.69, 9.17) is 10.5 Å². The second-order valence-electron chi connectivity index (χ2n) is 5.61. The molecule has 0 N–H and O–H groups in total. The van der Waals surface area contributed by atoms with Crippen LogP contribution in [0.2, 0.25) is 0 Å². The molecule has 2 aromatic carbocycles. The molecule has 1 amide bonds. The first-order valence-electron chi connectivity index (χ1n) is 7.48. The number of carbonyl (C=O) groups excluding carboxylic acids is 1. The largest absolute Gasteiger partial charge is 0.330 e. The molecular weight excluding hydrogens is 286 g/mol. The molecule has 0 atom stereocenters. The first-order chi connectivity index (χ1) is 11.2. The number of benzene rings is 2. The summed E-state index contributed by atoms with van der Waals surface area (Å²) in [5.74, 6) is -0.0238. The third-order valence-corrected chi connectivity index (χ3v) is 4.07. The molecule has 112 valence electrons. The molecule has 1 heterocycles. The van der Waals surface area contributed by atoms with Gasteiger partial charge in [-0.3, -0.25) is 4.79 Å². The highest BCUT2D eigenvalue weighted by Crippen LogP contribution is 2.26. The topological polar surface area (TPSA) is 67.9 Å². The lowest BCUT2D eigenvalue weighted by molar-refractivity contribution is 0.0751. The monoisotopic (exact) mass is 301 g/mol. The number of rotatable bonds is 3. The van der Waals surface area contributed by atoms with Crippen LogP contribution in [0.3, 0.4) is 0 Å². The molecule has 0 saturated carbocycles. The number of hydrogen-bond donors (Lipinski definition) is 0. The molecule has 0 unspecified atom stereocenters. The van der Waals surface area contributed by atoms with E-state index >= 15 is 0 Å². The summed E-state index contributed by atoms with van der Waals surface area (Å²) in [7, 11) is 0. The van der Waals surface area contributed by atoms with E-state index < -0.39 is 0 Å². The Labute approximate surface area is 135 Å². The number of nitrogens with zero attached hydrogens (tertiary/aromatic N) is 3. The third kappa shape index (κ3) is 3.07. The number of carbonyl (C=O) groups is 1. The van der Waals surface area contributed by atoms with Gasteiger partial charge in [-0.25, -0.2) is 0 Å². The average Bonchev–Trinajstić information content (AvgIpc) is 3.02. The van der Waals surface area contributed by atoms with Gasteiger partial charge in [-0.1, -0.05) is 18.2 Å². The fourth-order valence-electron chi connectivity index (χ4n) is 2.82. The van der Waals surface area contributed by atoms with E-state index in [1.807, 2.05) is 12.1 Å². The Kier molecular flexibility index (Phi) is 4.08. The van der Waals surface area contributed by atoms with Crippen molar-refractivity contribution in [3.05, 3.63) is 70.3 Å². The third-order valence-electron chi connectivity index (χ3n) is 4.07. The second-order valence-corrected chi connectivity index (χ2v) is 5.61. The number of fused-ring (bicyclic) bond motifs is 1. The number of nitriles is 2. The highest BCUT2D eigenvalue weighted by Gasteiger charge is 2.24. The zero-order valence-corrected chi connectivity index (χ0v) is 12.6. The van der Waals surface area contributed by atoms with Crippen LogP contribution >= 0.6 is 0 Å². The van der Waals surface area contributed by atoms with Crippen molar-refractivity contribution in [2.45, 2.75) is 25.9 Å². The normalized spacial score (nSPS) is 12.3. The fraction of sp³-hybridized carbons (Fsp3) is 0.211. The summed E-state index contributed by atoms with van der Waals surface area (Å²) in [5, 5.41) is 17.5. The van der Waals surface area contributed by atoms with Crippen LogP contribution in [-0.4, -0.2) is 10.8 Å². The minimum Gasteiger partial charge on any atom is -0.330 e. The molecule has 1 aliphatic heterocycles. The molecule has 2 aromatic rings. The smallest absolute Gasteiger partial charge is 0.254 e. The van der Waals surface area contributed by atoms with Crippen LogP contribution in [0.4, 0.5) is 0 Å². The summed E-state index contributed by atoms with van der Waals surface area (Å²) in [6.07, 6.45) is 1.25. The van der Waals surface area contributed by atoms with Gasteiger partial charge >= 0.3 is 0 Å². The first kappa shape index (κ1) is 14.8. The molecule has 3 rings (SSSR count). The van der Waals surface area contributed by atoms with Crippen LogP contribution in [0.25, 0.3) is 0 Å². The summed E-state index contributed by atoms with van der Waals surface area (Å²) in [4.78, 5) is 14.4. The van der Waals surface area contributed by atoms with Crippen molar-refractivity contribution in [2.75, 3.05) is 0 Å². The Bertz CT molecular complexity index is 825. The van der Waals surface area contributed by atoms with Gasteiger partial charge in [0.1, 0.15) is 0 Å². The van der Waals surface area contributed by atoms with Gasteiger partial charge in [0.25, 0.3) is 5.91 Å². The van der Waals surface area contributed by atoms with Gasteiger partial charge < -0.3 is 4.90 Å². The van der Waals surface area contributed by atoms with Gasteiger partial charge in [0, 0.05) is 25.1 Å². The summed E-state index contributed by atoms with van der Waals surface area (Å²) in [6.45, 7) is 1.20. The van der Waals surface area contributed by atoms with Crippen LogP contribution in [0, 0.1) is 22.7 Å². The first-order valence-corrected chi connectivity index (χ1v) is 7.48. The van der Waals surface area contributed by atoms with Crippen molar-refractivity contribution in [1.82, 2.24) is 4.90 Å². The molecule has 0 bridgehead atoms. The minimum absolute atomic E-state index is 0.0238. The molecule has 0 aliphatic carbocycles. The summed E-state index contributed by atoms with van der Waals surface area (Å²) in [6, 6.07) is 17.1. The van der Waals surface area contributed by atoms with Crippen molar-refractivity contribution in [2.24, 2.45) is 0 Å². The van der Waals surface area contributed by atoms with Crippen LogP contribution < -0.4 is 0 Å². The van der Waals surface area contributed by atoms with Gasteiger partial charge in [-0.15, -0.1) is 0 Å². The summed E-state index contributed by atoms with van der Waals surface area (Å²) >= 11 is 0. The summed E-state index contributed by atoms with van der Waals surface area (Å²) in [5.41, 5.74) is 4.60. The Morgan fingerprint density at radius 3 is 2.48 bits per heavy atom. The Morgan fingerprint density at radius 2 is 1.78 bits per heavy atom. The molecule has 0 saturated heterocycles. The lowest BCUT2D eigenvalue weighted by atomic mass is 10.0. The van der Waals surface area contributed by atoms with Crippen molar-refractivity contribution in [3.8, 4) is 12.1 Å². The number of hydrogen-bond acceptors (Lipinski definition) is 3. The fourth-order valence-corrected chi connectivity index (χ4v) is 2.82. The number of aryl methyl sites for hydroxylation is 1. The maximum atomic E-state index is 12.6. The second kappa shape index (κ2) is 6.34. The van der Waals surface area contributed by atoms with Gasteiger partial charge in [0.2, 0.25) is 0 Å². The maximum Gasteiger partial charge on any atom is 0.254 e. The van der Waals surface area contributed by atoms with Crippen molar-refractivity contribution in [1.29, 1.82) is 10.5 Å². The molecular formula is C19H15N3O. The van der Waals surface area contributed by atoms with E-state index in [9.17, 15) is 4.79 Å². The molecule has 1 aliphatic rings. The molecule has 4 nitrogen and oxygen atoms in total. The zero-order chi connectivity index (χ0) is 16.2. The standard InChI is InChI=1S/C19H15N3O/c20-9-1-2-14-3-8-17-12-22(13-18(17)10-14)19(23)16-6-4-15(11-21)5-7-16/h3-8,10H,1-2,12-13H2. The van der Waals surface area contributed by atoms with Crippen LogP contribution in [0.1, 0.15) is 39.0 Å². The van der Waals surface area contributed by atoms with E-state index in [-0.39, 0.29) is 5.91 Å². The van der Waals surface area contributed by atoms with Gasteiger partial charge in [0.05, 0.1) is 17.7 Å². The molecule has 23 heavy (non-hydrogen) atoms. The quantitative estimate of drug-likeness (QED) is 0.874. The zero-order valence-electron chi connectivity index (χ0n) is 12.6. The predicted molar refractivity (Wildman–Crippen MR) is 85.1 cm³/mol. The number of amides is 1. The van der Waals surface area contributed by atoms with E-state index in [0.29, 0.717) is 30.6 Å². The highest BCUT2D eigenvalue weighted by molar-refractivity contribution is 5.94. The van der Waals surface area contributed by atoms with Gasteiger partial charge in [-0.05, 0) is 47.4 Å². The van der Waals surface area contributed by atoms with E-state index in [1.54, 1.807) is 29.2 Å². The lowest BCUT2D eigenvalue weighted by Crippen LogP contribution is -2.25. The molecule has 0 aromatic heterocycles. The van der Waals surface area contributed by atoms with E-state index in [2.05, 4.69) is 18.2 Å². The minimum atomic E-state index is -0.0238. The molecule has 4 heteroatoms. The SMILES string of the molecule is N#CCCc1ccc2c(c1)CN(C(=O)c1ccc(C#N)cc1)C2. The molecule has 0 fully saturated rings. The van der Waals surface area contributed by atoms with Gasteiger partial charge in [-0.2, -0.15) is 10.5 Å². The summed E-state index contributed by atoms with van der Waals surface area (Å²) < 4.78 is 0. The molecule has 0 spiro atoms. The van der Waals surface area contributed by atoms with Crippen LogP contribution in [0.5, 0.6) is 0 Å². The lowest BCUT2D eigenvalue weighted by Gasteiger charge is -2.15. The van der Waals surface area contributed by atoms with Crippen molar-refractivity contribution in [3.63, 3.8) is 0 Å². The van der Waals surface area contributed by atoms with Crippen molar-refractivity contribution >= 4 is 5.91 Å². The Balaban J connectivity index is 1.74. The predicted octanol–water partition coefficient (Wildman–Crippen LogP) is 3.17. The average molecular weight is 301 g/mol. The molecule has 0 radical (unpaired) electrons. The van der Waals surface area contributed by atoms with Crippen molar-refractivity contribution < 1.29 is 4.79 Å². The maximum absolute atomic E-state index is 12.6. The van der Waals surface area contributed by atoms with E-state index in [0.717, 1.165) is 23.1 Å². The van der Waals surface area contributed by atoms with Crippen LogP contribution in [-0.2, 0) is 19.5 Å². The van der Waals surface area contributed by atoms with Gasteiger partial charge in [0.15, 0.2) is 0 Å².